The lowest BCUT2D eigenvalue weighted by Gasteiger charge is -2.36. The van der Waals surface area contributed by atoms with E-state index in [1.54, 1.807) is 23.5 Å². The third-order valence-corrected chi connectivity index (χ3v) is 7.15. The minimum atomic E-state index is -0.486. The smallest absolute Gasteiger partial charge is 0.336 e. The summed E-state index contributed by atoms with van der Waals surface area (Å²) in [5.41, 5.74) is 3.57. The molecular weight excluding hydrogens is 446 g/mol. The van der Waals surface area contributed by atoms with Gasteiger partial charge in [-0.05, 0) is 49.4 Å². The number of hydrogen-bond donors (Lipinski definition) is 1. The van der Waals surface area contributed by atoms with Crippen LogP contribution >= 0.6 is 22.9 Å². The summed E-state index contributed by atoms with van der Waals surface area (Å²) < 4.78 is 10.8. The third kappa shape index (κ3) is 4.68. The van der Waals surface area contributed by atoms with Gasteiger partial charge in [0.1, 0.15) is 6.61 Å². The summed E-state index contributed by atoms with van der Waals surface area (Å²) in [7, 11) is 0. The van der Waals surface area contributed by atoms with Gasteiger partial charge in [0.15, 0.2) is 5.78 Å². The Morgan fingerprint density at radius 3 is 2.66 bits per heavy atom. The average molecular weight is 472 g/mol. The summed E-state index contributed by atoms with van der Waals surface area (Å²) >= 11 is 7.78. The van der Waals surface area contributed by atoms with Gasteiger partial charge in [0.25, 0.3) is 0 Å². The maximum Gasteiger partial charge on any atom is 0.336 e. The molecule has 2 heterocycles. The fourth-order valence-electron chi connectivity index (χ4n) is 4.44. The van der Waals surface area contributed by atoms with Gasteiger partial charge in [0, 0.05) is 51.7 Å². The summed E-state index contributed by atoms with van der Waals surface area (Å²) in [6.45, 7) is 4.82. The first kappa shape index (κ1) is 22.8. The summed E-state index contributed by atoms with van der Waals surface area (Å²) in [4.78, 5) is 27.8. The molecular formula is C25H26ClNO4S. The molecule has 5 nitrogen and oxygen atoms in total. The first-order valence-corrected chi connectivity index (χ1v) is 12.0. The Hall–Kier alpha value is -2.41. The largest absolute Gasteiger partial charge is 0.460 e. The first-order chi connectivity index (χ1) is 15.5. The molecule has 0 saturated heterocycles. The van der Waals surface area contributed by atoms with Gasteiger partial charge in [-0.15, -0.1) is 11.3 Å². The highest BCUT2D eigenvalue weighted by molar-refractivity contribution is 7.10. The van der Waals surface area contributed by atoms with Crippen LogP contribution in [0.15, 0.2) is 64.3 Å². The Morgan fingerprint density at radius 2 is 1.97 bits per heavy atom. The summed E-state index contributed by atoms with van der Waals surface area (Å²) in [6.07, 6.45) is 1.16. The van der Waals surface area contributed by atoms with Gasteiger partial charge in [-0.3, -0.25) is 4.79 Å². The fraction of sp³-hybridized carbons (Fsp3) is 0.360. The van der Waals surface area contributed by atoms with Crippen molar-refractivity contribution < 1.29 is 19.1 Å². The van der Waals surface area contributed by atoms with Crippen molar-refractivity contribution in [3.8, 4) is 0 Å². The van der Waals surface area contributed by atoms with Crippen molar-refractivity contribution in [2.24, 2.45) is 0 Å². The van der Waals surface area contributed by atoms with Crippen LogP contribution in [-0.2, 0) is 19.1 Å². The second-order valence-electron chi connectivity index (χ2n) is 7.92. The number of hydrogen-bond acceptors (Lipinski definition) is 6. The van der Waals surface area contributed by atoms with Crippen LogP contribution in [0, 0.1) is 0 Å². The number of ether oxygens (including phenoxy) is 2. The molecule has 1 aliphatic heterocycles. The number of Topliss-reactive ketones (excluding diaryl/α,β-unsaturated/α-hetero) is 1. The maximum absolute atomic E-state index is 13.4. The number of nitrogens with one attached hydrogen (secondary N) is 1. The molecule has 7 heteroatoms. The van der Waals surface area contributed by atoms with Crippen molar-refractivity contribution in [1.29, 1.82) is 0 Å². The SMILES string of the molecule is CCOCCOC(=O)C1=C(C)NC2=C(C(=O)CC(c3cccs3)C2)C1c1ccc(Cl)cc1. The second-order valence-corrected chi connectivity index (χ2v) is 9.33. The molecule has 2 atom stereocenters. The van der Waals surface area contributed by atoms with Gasteiger partial charge < -0.3 is 14.8 Å². The number of halogens is 1. The summed E-state index contributed by atoms with van der Waals surface area (Å²) in [6, 6.07) is 11.4. The van der Waals surface area contributed by atoms with Gasteiger partial charge in [-0.25, -0.2) is 4.79 Å². The zero-order chi connectivity index (χ0) is 22.7. The Kier molecular flexibility index (Phi) is 7.13. The third-order valence-electron chi connectivity index (χ3n) is 5.86. The fourth-order valence-corrected chi connectivity index (χ4v) is 5.39. The van der Waals surface area contributed by atoms with E-state index in [1.807, 2.05) is 37.4 Å². The monoisotopic (exact) mass is 471 g/mol. The standard InChI is InChI=1S/C25H26ClNO4S/c1-3-30-10-11-31-25(29)22-15(2)27-19-13-17(21-5-4-12-32-21)14-20(28)24(19)23(22)16-6-8-18(26)9-7-16/h4-9,12,17,23,27H,3,10-11,13-14H2,1-2H3. The molecule has 4 rings (SSSR count). The van der Waals surface area contributed by atoms with Crippen molar-refractivity contribution in [3.05, 3.63) is 79.8 Å². The number of ketones is 1. The van der Waals surface area contributed by atoms with Crippen LogP contribution in [-0.4, -0.2) is 31.6 Å². The van der Waals surface area contributed by atoms with E-state index in [4.69, 9.17) is 21.1 Å². The zero-order valence-corrected chi connectivity index (χ0v) is 19.7. The number of rotatable bonds is 7. The molecule has 1 aromatic carbocycles. The van der Waals surface area contributed by atoms with E-state index in [-0.39, 0.29) is 18.3 Å². The van der Waals surface area contributed by atoms with Crippen LogP contribution in [0.2, 0.25) is 5.02 Å². The molecule has 2 aromatic rings. The van der Waals surface area contributed by atoms with Gasteiger partial charge in [0.05, 0.1) is 12.2 Å². The number of esters is 1. The molecule has 1 aliphatic carbocycles. The molecule has 0 fully saturated rings. The minimum absolute atomic E-state index is 0.0595. The van der Waals surface area contributed by atoms with E-state index in [9.17, 15) is 9.59 Å². The molecule has 0 bridgehead atoms. The molecule has 2 unspecified atom stereocenters. The Morgan fingerprint density at radius 1 is 1.19 bits per heavy atom. The number of carbonyl (C=O) groups is 2. The van der Waals surface area contributed by atoms with Crippen LogP contribution < -0.4 is 5.32 Å². The normalized spacial score (nSPS) is 20.8. The predicted molar refractivity (Wildman–Crippen MR) is 126 cm³/mol. The van der Waals surface area contributed by atoms with Crippen molar-refractivity contribution in [1.82, 2.24) is 5.32 Å². The van der Waals surface area contributed by atoms with Crippen molar-refractivity contribution in [2.75, 3.05) is 19.8 Å². The van der Waals surface area contributed by atoms with E-state index >= 15 is 0 Å². The van der Waals surface area contributed by atoms with E-state index in [2.05, 4.69) is 11.4 Å². The lowest BCUT2D eigenvalue weighted by molar-refractivity contribution is -0.140. The van der Waals surface area contributed by atoms with Gasteiger partial charge in [-0.1, -0.05) is 29.8 Å². The van der Waals surface area contributed by atoms with Crippen LogP contribution in [0.5, 0.6) is 0 Å². The predicted octanol–water partition coefficient (Wildman–Crippen LogP) is 5.34. The van der Waals surface area contributed by atoms with Gasteiger partial charge in [-0.2, -0.15) is 0 Å². The summed E-state index contributed by atoms with van der Waals surface area (Å²) in [5.74, 6) is -0.717. The summed E-state index contributed by atoms with van der Waals surface area (Å²) in [5, 5.41) is 6.01. The van der Waals surface area contributed by atoms with Crippen molar-refractivity contribution in [3.63, 3.8) is 0 Å². The highest BCUT2D eigenvalue weighted by atomic mass is 35.5. The highest BCUT2D eigenvalue weighted by Gasteiger charge is 2.41. The van der Waals surface area contributed by atoms with Crippen molar-refractivity contribution in [2.45, 2.75) is 38.5 Å². The number of benzene rings is 1. The van der Waals surface area contributed by atoms with Crippen LogP contribution in [0.4, 0.5) is 0 Å². The van der Waals surface area contributed by atoms with Crippen molar-refractivity contribution >= 4 is 34.7 Å². The maximum atomic E-state index is 13.4. The molecule has 1 aromatic heterocycles. The van der Waals surface area contributed by atoms with Gasteiger partial charge in [0.2, 0.25) is 0 Å². The molecule has 1 N–H and O–H groups in total. The molecule has 0 radical (unpaired) electrons. The minimum Gasteiger partial charge on any atom is -0.460 e. The van der Waals surface area contributed by atoms with Gasteiger partial charge >= 0.3 is 5.97 Å². The Balaban J connectivity index is 1.70. The molecule has 32 heavy (non-hydrogen) atoms. The second kappa shape index (κ2) is 10.0. The molecule has 0 amide bonds. The first-order valence-electron chi connectivity index (χ1n) is 10.8. The lowest BCUT2D eigenvalue weighted by Crippen LogP contribution is -2.36. The van der Waals surface area contributed by atoms with Crippen LogP contribution in [0.25, 0.3) is 0 Å². The Labute approximate surface area is 197 Å². The lowest BCUT2D eigenvalue weighted by atomic mass is 9.72. The highest BCUT2D eigenvalue weighted by Crippen LogP contribution is 2.46. The molecule has 0 spiro atoms. The van der Waals surface area contributed by atoms with E-state index in [0.29, 0.717) is 41.5 Å². The van der Waals surface area contributed by atoms with Crippen LogP contribution in [0.1, 0.15) is 49.0 Å². The number of thiophene rings is 1. The molecule has 168 valence electrons. The van der Waals surface area contributed by atoms with E-state index in [1.165, 1.54) is 4.88 Å². The average Bonchev–Trinajstić information content (AvgIpc) is 3.31. The van der Waals surface area contributed by atoms with E-state index in [0.717, 1.165) is 17.7 Å². The Bertz CT molecular complexity index is 1060. The zero-order valence-electron chi connectivity index (χ0n) is 18.2. The number of allylic oxidation sites excluding steroid dienone is 3. The molecule has 2 aliphatic rings. The molecule has 0 saturated carbocycles. The quantitative estimate of drug-likeness (QED) is 0.436. The number of carbonyl (C=O) groups excluding carboxylic acids is 2. The van der Waals surface area contributed by atoms with Crippen LogP contribution in [0.3, 0.4) is 0 Å². The number of dihydropyridines is 1. The van der Waals surface area contributed by atoms with E-state index < -0.39 is 11.9 Å². The topological polar surface area (TPSA) is 64.6 Å².